The number of hydrogen-bond donors (Lipinski definition) is 4. The highest BCUT2D eigenvalue weighted by molar-refractivity contribution is 7.85. The lowest BCUT2D eigenvalue weighted by atomic mass is 10.0. The van der Waals surface area contributed by atoms with Gasteiger partial charge in [0.25, 0.3) is 0 Å². The molecular formula is C20H27F2N3O3S. The molecule has 1 aromatic carbocycles. The van der Waals surface area contributed by atoms with Gasteiger partial charge in [-0.2, -0.15) is 0 Å². The SMILES string of the molecule is Cc1ccc(NC2=C(F)CN(C)C=C2NS(=O)C2(CC(CO)CO)CC2)c(F)c1. The number of aryl methyl sites for hydroxylation is 1. The molecule has 0 spiro atoms. The summed E-state index contributed by atoms with van der Waals surface area (Å²) in [5, 5.41) is 21.5. The van der Waals surface area contributed by atoms with Crippen LogP contribution in [0, 0.1) is 18.7 Å². The molecule has 2 aliphatic rings. The van der Waals surface area contributed by atoms with Gasteiger partial charge in [-0.3, -0.25) is 0 Å². The summed E-state index contributed by atoms with van der Waals surface area (Å²) in [6.07, 6.45) is 3.41. The average Bonchev–Trinajstić information content (AvgIpc) is 3.45. The lowest BCUT2D eigenvalue weighted by molar-refractivity contribution is 0.141. The molecule has 9 heteroatoms. The Morgan fingerprint density at radius 2 is 1.97 bits per heavy atom. The Hall–Kier alpha value is -1.97. The van der Waals surface area contributed by atoms with Crippen molar-refractivity contribution in [2.45, 2.75) is 30.9 Å². The minimum atomic E-state index is -1.56. The monoisotopic (exact) mass is 427 g/mol. The number of anilines is 1. The molecule has 1 fully saturated rings. The van der Waals surface area contributed by atoms with E-state index in [2.05, 4.69) is 10.0 Å². The Labute approximate surface area is 171 Å². The molecule has 0 bridgehead atoms. The van der Waals surface area contributed by atoms with Gasteiger partial charge >= 0.3 is 0 Å². The maximum atomic E-state index is 14.7. The van der Waals surface area contributed by atoms with Crippen LogP contribution in [-0.4, -0.2) is 50.9 Å². The molecule has 1 aliphatic carbocycles. The first-order valence-electron chi connectivity index (χ1n) is 9.52. The second kappa shape index (κ2) is 8.81. The summed E-state index contributed by atoms with van der Waals surface area (Å²) >= 11 is 0. The van der Waals surface area contributed by atoms with E-state index in [0.29, 0.717) is 19.3 Å². The van der Waals surface area contributed by atoms with Crippen molar-refractivity contribution in [3.8, 4) is 0 Å². The zero-order valence-electron chi connectivity index (χ0n) is 16.5. The lowest BCUT2D eigenvalue weighted by Gasteiger charge is -2.28. The van der Waals surface area contributed by atoms with Gasteiger partial charge in [-0.05, 0) is 43.9 Å². The van der Waals surface area contributed by atoms with Crippen LogP contribution >= 0.6 is 0 Å². The molecule has 29 heavy (non-hydrogen) atoms. The van der Waals surface area contributed by atoms with E-state index >= 15 is 0 Å². The summed E-state index contributed by atoms with van der Waals surface area (Å²) in [5.74, 6) is -1.35. The molecule has 1 aliphatic heterocycles. The fraction of sp³-hybridized carbons (Fsp3) is 0.500. The first kappa shape index (κ1) is 21.7. The molecule has 1 aromatic rings. The summed E-state index contributed by atoms with van der Waals surface area (Å²) in [6, 6.07) is 4.61. The zero-order valence-corrected chi connectivity index (χ0v) is 17.4. The van der Waals surface area contributed by atoms with Gasteiger partial charge in [0.1, 0.15) is 22.6 Å². The van der Waals surface area contributed by atoms with Crippen molar-refractivity contribution in [2.24, 2.45) is 5.92 Å². The van der Waals surface area contributed by atoms with E-state index in [-0.39, 0.29) is 42.8 Å². The molecule has 1 heterocycles. The summed E-state index contributed by atoms with van der Waals surface area (Å²) in [6.45, 7) is 1.40. The van der Waals surface area contributed by atoms with E-state index in [1.54, 1.807) is 31.1 Å². The number of rotatable bonds is 9. The third kappa shape index (κ3) is 4.96. The number of aliphatic hydroxyl groups is 2. The van der Waals surface area contributed by atoms with Gasteiger partial charge in [0, 0.05) is 32.4 Å². The minimum Gasteiger partial charge on any atom is -0.396 e. The van der Waals surface area contributed by atoms with Gasteiger partial charge in [0.15, 0.2) is 0 Å². The van der Waals surface area contributed by atoms with E-state index in [4.69, 9.17) is 0 Å². The van der Waals surface area contributed by atoms with Crippen molar-refractivity contribution in [2.75, 3.05) is 32.1 Å². The second-order valence-corrected chi connectivity index (χ2v) is 9.44. The summed E-state index contributed by atoms with van der Waals surface area (Å²) in [5.41, 5.74) is 1.20. The molecule has 0 radical (unpaired) electrons. The van der Waals surface area contributed by atoms with Gasteiger partial charge in [-0.15, -0.1) is 0 Å². The largest absolute Gasteiger partial charge is 0.396 e. The standard InChI is InChI=1S/C20H27F2N3O3S/c1-13-3-4-17(15(21)7-13)23-19-16(22)9-25(2)10-18(19)24-29(28)20(5-6-20)8-14(11-26)12-27/h3-4,7,10,14,23-24,26-27H,5-6,8-9,11-12H2,1-2H3. The Morgan fingerprint density at radius 1 is 1.28 bits per heavy atom. The fourth-order valence-electron chi connectivity index (χ4n) is 3.37. The number of nitrogens with zero attached hydrogens (tertiary/aromatic N) is 1. The van der Waals surface area contributed by atoms with Crippen molar-refractivity contribution in [3.63, 3.8) is 0 Å². The average molecular weight is 428 g/mol. The molecule has 0 amide bonds. The van der Waals surface area contributed by atoms with Crippen molar-refractivity contribution < 1.29 is 23.2 Å². The quantitative estimate of drug-likeness (QED) is 0.486. The predicted octanol–water partition coefficient (Wildman–Crippen LogP) is 2.29. The number of benzene rings is 1. The van der Waals surface area contributed by atoms with Crippen molar-refractivity contribution in [1.29, 1.82) is 0 Å². The van der Waals surface area contributed by atoms with Crippen LogP contribution in [0.5, 0.6) is 0 Å². The number of nitrogens with one attached hydrogen (secondary N) is 2. The molecule has 0 saturated heterocycles. The van der Waals surface area contributed by atoms with Crippen molar-refractivity contribution in [3.05, 3.63) is 53.0 Å². The van der Waals surface area contributed by atoms with E-state index in [1.165, 1.54) is 12.1 Å². The van der Waals surface area contributed by atoms with Crippen LogP contribution in [0.25, 0.3) is 0 Å². The van der Waals surface area contributed by atoms with Gasteiger partial charge in [0.2, 0.25) is 0 Å². The minimum absolute atomic E-state index is 0.00979. The molecule has 160 valence electrons. The molecular weight excluding hydrogens is 400 g/mol. The van der Waals surface area contributed by atoms with Crippen LogP contribution < -0.4 is 10.0 Å². The Kier molecular flexibility index (Phi) is 6.60. The Morgan fingerprint density at radius 3 is 2.55 bits per heavy atom. The van der Waals surface area contributed by atoms with E-state index in [0.717, 1.165) is 5.56 Å². The Balaban J connectivity index is 1.79. The van der Waals surface area contributed by atoms with Crippen LogP contribution in [0.2, 0.25) is 0 Å². The molecule has 6 nitrogen and oxygen atoms in total. The van der Waals surface area contributed by atoms with Crippen LogP contribution in [0.15, 0.2) is 41.6 Å². The number of hydrogen-bond acceptors (Lipinski definition) is 5. The van der Waals surface area contributed by atoms with Gasteiger partial charge < -0.3 is 25.2 Å². The van der Waals surface area contributed by atoms with E-state index in [1.807, 2.05) is 0 Å². The second-order valence-electron chi connectivity index (χ2n) is 7.84. The highest BCUT2D eigenvalue weighted by Crippen LogP contribution is 2.46. The maximum absolute atomic E-state index is 14.7. The molecule has 1 atom stereocenters. The summed E-state index contributed by atoms with van der Waals surface area (Å²) in [4.78, 5) is 1.61. The molecule has 3 rings (SSSR count). The fourth-order valence-corrected chi connectivity index (χ4v) is 4.80. The van der Waals surface area contributed by atoms with Gasteiger partial charge in [-0.25, -0.2) is 13.0 Å². The third-order valence-electron chi connectivity index (χ3n) is 5.24. The predicted molar refractivity (Wildman–Crippen MR) is 109 cm³/mol. The Bertz CT molecular complexity index is 851. The van der Waals surface area contributed by atoms with Crippen LogP contribution in [0.1, 0.15) is 24.8 Å². The molecule has 1 unspecified atom stereocenters. The zero-order chi connectivity index (χ0) is 21.2. The number of halogens is 2. The smallest absolute Gasteiger partial charge is 0.146 e. The maximum Gasteiger partial charge on any atom is 0.146 e. The van der Waals surface area contributed by atoms with E-state index < -0.39 is 27.4 Å². The van der Waals surface area contributed by atoms with Crippen LogP contribution in [0.4, 0.5) is 14.5 Å². The lowest BCUT2D eigenvalue weighted by Crippen LogP contribution is -2.36. The van der Waals surface area contributed by atoms with Gasteiger partial charge in [-0.1, -0.05) is 6.07 Å². The van der Waals surface area contributed by atoms with Crippen LogP contribution in [0.3, 0.4) is 0 Å². The molecule has 0 aromatic heterocycles. The number of aliphatic hydroxyl groups excluding tert-OH is 2. The molecule has 1 saturated carbocycles. The van der Waals surface area contributed by atoms with Crippen LogP contribution in [-0.2, 0) is 11.0 Å². The van der Waals surface area contributed by atoms with E-state index in [9.17, 15) is 23.2 Å². The highest BCUT2D eigenvalue weighted by Gasteiger charge is 2.50. The topological polar surface area (TPSA) is 84.8 Å². The van der Waals surface area contributed by atoms with Crippen molar-refractivity contribution in [1.82, 2.24) is 9.62 Å². The first-order valence-corrected chi connectivity index (χ1v) is 10.7. The normalized spacial score (nSPS) is 19.3. The van der Waals surface area contributed by atoms with Gasteiger partial charge in [0.05, 0.1) is 28.4 Å². The summed E-state index contributed by atoms with van der Waals surface area (Å²) < 4.78 is 44.3. The van der Waals surface area contributed by atoms with Crippen molar-refractivity contribution >= 4 is 16.7 Å². The summed E-state index contributed by atoms with van der Waals surface area (Å²) in [7, 11) is 0.128. The molecule has 4 N–H and O–H groups in total. The third-order valence-corrected chi connectivity index (χ3v) is 7.01. The highest BCUT2D eigenvalue weighted by atomic mass is 32.2. The number of likely N-dealkylation sites (N-methyl/N-ethyl adjacent to an activating group) is 1. The first-order chi connectivity index (χ1) is 13.8.